The summed E-state index contributed by atoms with van der Waals surface area (Å²) in [5.74, 6) is -2.88. The molecule has 0 saturated heterocycles. The van der Waals surface area contributed by atoms with Gasteiger partial charge in [-0.05, 0) is 24.3 Å². The van der Waals surface area contributed by atoms with Crippen LogP contribution >= 0.6 is 11.6 Å². The normalized spacial score (nSPS) is 12.5. The summed E-state index contributed by atoms with van der Waals surface area (Å²) in [4.78, 5) is 0. The van der Waals surface area contributed by atoms with Gasteiger partial charge in [-0.1, -0.05) is 23.7 Å². The molecule has 0 aliphatic carbocycles. The Morgan fingerprint density at radius 2 is 1.72 bits per heavy atom. The van der Waals surface area contributed by atoms with Crippen LogP contribution in [0.5, 0.6) is 0 Å². The van der Waals surface area contributed by atoms with Crippen molar-refractivity contribution in [3.63, 3.8) is 0 Å². The van der Waals surface area contributed by atoms with Gasteiger partial charge < -0.3 is 5.11 Å². The van der Waals surface area contributed by atoms with Crippen molar-refractivity contribution >= 4 is 11.6 Å². The average molecular weight is 273 g/mol. The molecule has 0 heterocycles. The molecule has 0 aliphatic rings. The van der Waals surface area contributed by atoms with Gasteiger partial charge in [0, 0.05) is 16.1 Å². The smallest absolute Gasteiger partial charge is 0.164 e. The molecule has 1 unspecified atom stereocenters. The first-order valence-electron chi connectivity index (χ1n) is 5.07. The van der Waals surface area contributed by atoms with Gasteiger partial charge in [-0.3, -0.25) is 0 Å². The summed E-state index contributed by atoms with van der Waals surface area (Å²) in [6.45, 7) is 0. The van der Waals surface area contributed by atoms with Crippen LogP contribution in [0.25, 0.3) is 0 Å². The molecule has 0 fully saturated rings. The predicted molar refractivity (Wildman–Crippen MR) is 61.8 cm³/mol. The second-order valence-electron chi connectivity index (χ2n) is 3.71. The van der Waals surface area contributed by atoms with Gasteiger partial charge in [0.15, 0.2) is 11.6 Å². The highest BCUT2D eigenvalue weighted by atomic mass is 35.5. The van der Waals surface area contributed by atoms with Crippen molar-refractivity contribution in [2.24, 2.45) is 0 Å². The van der Waals surface area contributed by atoms with E-state index in [2.05, 4.69) is 0 Å². The Bertz CT molecular complexity index is 584. The Hall–Kier alpha value is -1.52. The van der Waals surface area contributed by atoms with Gasteiger partial charge in [0.1, 0.15) is 11.9 Å². The second-order valence-corrected chi connectivity index (χ2v) is 4.12. The van der Waals surface area contributed by atoms with E-state index in [1.165, 1.54) is 18.2 Å². The molecule has 0 bridgehead atoms. The predicted octanol–water partition coefficient (Wildman–Crippen LogP) is 3.84. The standard InChI is InChI=1S/C13H8ClF3O/c14-10-5-4-7(15)6-9(10)13(18)8-2-1-3-11(16)12(8)17/h1-6,13,18H. The molecule has 1 N–H and O–H groups in total. The Morgan fingerprint density at radius 3 is 2.44 bits per heavy atom. The summed E-state index contributed by atoms with van der Waals surface area (Å²) in [6, 6.07) is 6.73. The van der Waals surface area contributed by atoms with Crippen LogP contribution in [0, 0.1) is 17.5 Å². The van der Waals surface area contributed by atoms with Gasteiger partial charge >= 0.3 is 0 Å². The van der Waals surface area contributed by atoms with E-state index >= 15 is 0 Å². The molecule has 0 radical (unpaired) electrons. The van der Waals surface area contributed by atoms with Crippen LogP contribution in [0.15, 0.2) is 36.4 Å². The fourth-order valence-electron chi connectivity index (χ4n) is 1.62. The van der Waals surface area contributed by atoms with Gasteiger partial charge in [-0.15, -0.1) is 0 Å². The first-order chi connectivity index (χ1) is 8.50. The van der Waals surface area contributed by atoms with Gasteiger partial charge in [-0.25, -0.2) is 13.2 Å². The lowest BCUT2D eigenvalue weighted by molar-refractivity contribution is 0.213. The molecule has 2 rings (SSSR count). The fourth-order valence-corrected chi connectivity index (χ4v) is 1.84. The lowest BCUT2D eigenvalue weighted by Crippen LogP contribution is -2.05. The molecule has 2 aromatic carbocycles. The van der Waals surface area contributed by atoms with Crippen molar-refractivity contribution in [2.45, 2.75) is 6.10 Å². The summed E-state index contributed by atoms with van der Waals surface area (Å²) in [5, 5.41) is 10.0. The van der Waals surface area contributed by atoms with Crippen LogP contribution in [-0.4, -0.2) is 5.11 Å². The molecule has 1 nitrogen and oxygen atoms in total. The lowest BCUT2D eigenvalue weighted by atomic mass is 10.0. The van der Waals surface area contributed by atoms with Crippen LogP contribution in [0.3, 0.4) is 0 Å². The van der Waals surface area contributed by atoms with Crippen molar-refractivity contribution in [3.8, 4) is 0 Å². The van der Waals surface area contributed by atoms with Gasteiger partial charge in [0.25, 0.3) is 0 Å². The Labute approximate surface area is 106 Å². The number of hydrogen-bond acceptors (Lipinski definition) is 1. The quantitative estimate of drug-likeness (QED) is 0.881. The molecule has 18 heavy (non-hydrogen) atoms. The third-order valence-electron chi connectivity index (χ3n) is 2.53. The molecular formula is C13H8ClF3O. The SMILES string of the molecule is OC(c1cc(F)ccc1Cl)c1cccc(F)c1F. The summed E-state index contributed by atoms with van der Waals surface area (Å²) >= 11 is 5.79. The lowest BCUT2D eigenvalue weighted by Gasteiger charge is -2.14. The van der Waals surface area contributed by atoms with Crippen molar-refractivity contribution in [1.29, 1.82) is 0 Å². The molecule has 5 heteroatoms. The minimum atomic E-state index is -1.52. The van der Waals surface area contributed by atoms with E-state index in [4.69, 9.17) is 11.6 Å². The van der Waals surface area contributed by atoms with Gasteiger partial charge in [0.05, 0.1) is 0 Å². The maximum atomic E-state index is 13.5. The minimum Gasteiger partial charge on any atom is -0.383 e. The molecule has 94 valence electrons. The van der Waals surface area contributed by atoms with E-state index in [-0.39, 0.29) is 16.1 Å². The maximum absolute atomic E-state index is 13.5. The second kappa shape index (κ2) is 5.00. The molecule has 2 aromatic rings. The third-order valence-corrected chi connectivity index (χ3v) is 2.87. The monoisotopic (exact) mass is 272 g/mol. The zero-order valence-corrected chi connectivity index (χ0v) is 9.76. The van der Waals surface area contributed by atoms with E-state index in [0.717, 1.165) is 18.2 Å². The fraction of sp³-hybridized carbons (Fsp3) is 0.0769. The van der Waals surface area contributed by atoms with Crippen LogP contribution < -0.4 is 0 Å². The zero-order valence-electron chi connectivity index (χ0n) is 9.00. The van der Waals surface area contributed by atoms with E-state index in [1.807, 2.05) is 0 Å². The van der Waals surface area contributed by atoms with E-state index in [0.29, 0.717) is 0 Å². The highest BCUT2D eigenvalue weighted by Gasteiger charge is 2.20. The number of aliphatic hydroxyl groups is 1. The van der Waals surface area contributed by atoms with Gasteiger partial charge in [0.2, 0.25) is 0 Å². The number of hydrogen-bond donors (Lipinski definition) is 1. The van der Waals surface area contributed by atoms with Crippen molar-refractivity contribution in [3.05, 3.63) is 70.0 Å². The zero-order chi connectivity index (χ0) is 13.3. The summed E-state index contributed by atoms with van der Waals surface area (Å²) in [5.41, 5.74) is -0.302. The van der Waals surface area contributed by atoms with E-state index in [9.17, 15) is 18.3 Å². The topological polar surface area (TPSA) is 20.2 Å². The number of benzene rings is 2. The molecule has 0 aromatic heterocycles. The summed E-state index contributed by atoms with van der Waals surface area (Å²) in [7, 11) is 0. The molecule has 1 atom stereocenters. The number of rotatable bonds is 2. The first kappa shape index (κ1) is 12.9. The molecule has 0 amide bonds. The van der Waals surface area contributed by atoms with Crippen LogP contribution in [0.4, 0.5) is 13.2 Å². The Morgan fingerprint density at radius 1 is 1.00 bits per heavy atom. The molecule has 0 aliphatic heterocycles. The van der Waals surface area contributed by atoms with Crippen LogP contribution in [0.2, 0.25) is 5.02 Å². The van der Waals surface area contributed by atoms with Crippen molar-refractivity contribution in [2.75, 3.05) is 0 Å². The first-order valence-corrected chi connectivity index (χ1v) is 5.45. The average Bonchev–Trinajstić information content (AvgIpc) is 2.35. The summed E-state index contributed by atoms with van der Waals surface area (Å²) in [6.07, 6.45) is -1.52. The highest BCUT2D eigenvalue weighted by molar-refractivity contribution is 6.31. The number of aliphatic hydroxyl groups excluding tert-OH is 1. The van der Waals surface area contributed by atoms with Crippen LogP contribution in [0.1, 0.15) is 17.2 Å². The number of halogens is 4. The Balaban J connectivity index is 2.51. The van der Waals surface area contributed by atoms with Gasteiger partial charge in [-0.2, -0.15) is 0 Å². The highest BCUT2D eigenvalue weighted by Crippen LogP contribution is 2.30. The largest absolute Gasteiger partial charge is 0.383 e. The third kappa shape index (κ3) is 2.35. The summed E-state index contributed by atoms with van der Waals surface area (Å²) < 4.78 is 39.6. The van der Waals surface area contributed by atoms with E-state index < -0.39 is 23.6 Å². The van der Waals surface area contributed by atoms with Crippen molar-refractivity contribution < 1.29 is 18.3 Å². The maximum Gasteiger partial charge on any atom is 0.164 e. The molecule has 0 saturated carbocycles. The molecule has 0 spiro atoms. The van der Waals surface area contributed by atoms with E-state index in [1.54, 1.807) is 0 Å². The Kier molecular flexibility index (Phi) is 3.59. The molecular weight excluding hydrogens is 265 g/mol. The van der Waals surface area contributed by atoms with Crippen LogP contribution in [-0.2, 0) is 0 Å². The van der Waals surface area contributed by atoms with Crippen molar-refractivity contribution in [1.82, 2.24) is 0 Å². The minimum absolute atomic E-state index is 0.0128.